The molecule has 0 aromatic heterocycles. The molecule has 0 saturated carbocycles. The van der Waals surface area contributed by atoms with Crippen LogP contribution in [-0.2, 0) is 9.84 Å². The van der Waals surface area contributed by atoms with E-state index in [4.69, 9.17) is 0 Å². The molecule has 2 rings (SSSR count). The fourth-order valence-electron chi connectivity index (χ4n) is 2.50. The molecule has 0 bridgehead atoms. The first-order chi connectivity index (χ1) is 8.86. The second-order valence-electron chi connectivity index (χ2n) is 5.02. The Hall–Kier alpha value is -0.590. The predicted octanol–water partition coefficient (Wildman–Crippen LogP) is 1.96. The third-order valence-electron chi connectivity index (χ3n) is 3.39. The maximum atomic E-state index is 12.3. The molecule has 1 atom stereocenters. The maximum Gasteiger partial charge on any atom is 0.182 e. The molecule has 0 radical (unpaired) electrons. The summed E-state index contributed by atoms with van der Waals surface area (Å²) in [6, 6.07) is 3.73. The van der Waals surface area contributed by atoms with E-state index >= 15 is 0 Å². The Labute approximate surface area is 123 Å². The summed E-state index contributed by atoms with van der Waals surface area (Å²) in [7, 11) is -1.29. The summed E-state index contributed by atoms with van der Waals surface area (Å²) in [5, 5.41) is 3.11. The molecule has 1 aromatic carbocycles. The van der Waals surface area contributed by atoms with Gasteiger partial charge in [0.25, 0.3) is 0 Å². The van der Waals surface area contributed by atoms with Crippen molar-refractivity contribution < 1.29 is 8.42 Å². The van der Waals surface area contributed by atoms with Gasteiger partial charge in [-0.05, 0) is 54.5 Å². The number of hydrogen-bond donors (Lipinski definition) is 1. The molecule has 0 amide bonds. The highest BCUT2D eigenvalue weighted by Gasteiger charge is 2.34. The SMILES string of the molecule is CNCCN1c2c(Br)cc(C)cc2S(=O)(=O)CC1C. The second kappa shape index (κ2) is 5.42. The third-order valence-corrected chi connectivity index (χ3v) is 5.90. The van der Waals surface area contributed by atoms with E-state index in [-0.39, 0.29) is 11.8 Å². The van der Waals surface area contributed by atoms with Crippen molar-refractivity contribution >= 4 is 31.5 Å². The molecule has 4 nitrogen and oxygen atoms in total. The van der Waals surface area contributed by atoms with E-state index in [2.05, 4.69) is 26.1 Å². The van der Waals surface area contributed by atoms with Gasteiger partial charge in [-0.15, -0.1) is 0 Å². The second-order valence-corrected chi connectivity index (χ2v) is 7.88. The number of fused-ring (bicyclic) bond motifs is 1. The summed E-state index contributed by atoms with van der Waals surface area (Å²) >= 11 is 3.52. The van der Waals surface area contributed by atoms with E-state index in [1.54, 1.807) is 6.07 Å². The van der Waals surface area contributed by atoms with Gasteiger partial charge in [-0.2, -0.15) is 0 Å². The molecule has 1 aliphatic heterocycles. The van der Waals surface area contributed by atoms with Crippen molar-refractivity contribution in [2.24, 2.45) is 0 Å². The van der Waals surface area contributed by atoms with Crippen molar-refractivity contribution in [3.8, 4) is 0 Å². The van der Waals surface area contributed by atoms with Gasteiger partial charge in [-0.25, -0.2) is 8.42 Å². The van der Waals surface area contributed by atoms with Gasteiger partial charge >= 0.3 is 0 Å². The molecule has 19 heavy (non-hydrogen) atoms. The normalized spacial score (nSPS) is 21.3. The number of aryl methyl sites for hydroxylation is 1. The number of anilines is 1. The first-order valence-corrected chi connectivity index (χ1v) is 8.75. The Balaban J connectivity index is 2.59. The maximum absolute atomic E-state index is 12.3. The van der Waals surface area contributed by atoms with E-state index in [0.717, 1.165) is 28.8 Å². The topological polar surface area (TPSA) is 49.4 Å². The summed E-state index contributed by atoms with van der Waals surface area (Å²) < 4.78 is 25.5. The van der Waals surface area contributed by atoms with Gasteiger partial charge in [0.2, 0.25) is 0 Å². The Morgan fingerprint density at radius 2 is 2.16 bits per heavy atom. The predicted molar refractivity (Wildman–Crippen MR) is 81.7 cm³/mol. The number of benzene rings is 1. The Kier molecular flexibility index (Phi) is 4.23. The van der Waals surface area contributed by atoms with Gasteiger partial charge in [0.1, 0.15) is 0 Å². The van der Waals surface area contributed by atoms with Gasteiger partial charge in [0.05, 0.1) is 16.3 Å². The summed E-state index contributed by atoms with van der Waals surface area (Å²) in [6.45, 7) is 5.49. The fourth-order valence-corrected chi connectivity index (χ4v) is 5.32. The van der Waals surface area contributed by atoms with Crippen LogP contribution in [0.25, 0.3) is 0 Å². The van der Waals surface area contributed by atoms with Crippen LogP contribution in [0.3, 0.4) is 0 Å². The third kappa shape index (κ3) is 2.80. The molecular weight excluding hydrogens is 328 g/mol. The van der Waals surface area contributed by atoms with Crippen LogP contribution in [0.1, 0.15) is 12.5 Å². The van der Waals surface area contributed by atoms with Gasteiger partial charge < -0.3 is 10.2 Å². The highest BCUT2D eigenvalue weighted by atomic mass is 79.9. The van der Waals surface area contributed by atoms with Crippen molar-refractivity contribution in [3.05, 3.63) is 22.2 Å². The fraction of sp³-hybridized carbons (Fsp3) is 0.538. The summed E-state index contributed by atoms with van der Waals surface area (Å²) in [6.07, 6.45) is 0. The minimum absolute atomic E-state index is 0.00939. The van der Waals surface area contributed by atoms with Crippen molar-refractivity contribution in [2.75, 3.05) is 30.8 Å². The Bertz CT molecular complexity index is 587. The lowest BCUT2D eigenvalue weighted by Crippen LogP contribution is -2.45. The number of likely N-dealkylation sites (N-methyl/N-ethyl adjacent to an activating group) is 1. The largest absolute Gasteiger partial charge is 0.365 e. The Morgan fingerprint density at radius 3 is 2.79 bits per heavy atom. The summed E-state index contributed by atoms with van der Waals surface area (Å²) in [4.78, 5) is 2.62. The molecule has 106 valence electrons. The zero-order chi connectivity index (χ0) is 14.2. The number of nitrogens with zero attached hydrogens (tertiary/aromatic N) is 1. The molecule has 1 aromatic rings. The van der Waals surface area contributed by atoms with Gasteiger partial charge in [-0.1, -0.05) is 0 Å². The summed E-state index contributed by atoms with van der Waals surface area (Å²) in [5.74, 6) is 0.180. The van der Waals surface area contributed by atoms with Gasteiger partial charge in [0.15, 0.2) is 9.84 Å². The van der Waals surface area contributed by atoms with Crippen LogP contribution in [0.5, 0.6) is 0 Å². The highest BCUT2D eigenvalue weighted by Crippen LogP contribution is 2.39. The molecule has 1 aliphatic rings. The smallest absolute Gasteiger partial charge is 0.182 e. The van der Waals surface area contributed by atoms with Crippen molar-refractivity contribution in [2.45, 2.75) is 24.8 Å². The van der Waals surface area contributed by atoms with Gasteiger partial charge in [-0.3, -0.25) is 0 Å². The molecule has 1 heterocycles. The van der Waals surface area contributed by atoms with Crippen molar-refractivity contribution in [3.63, 3.8) is 0 Å². The van der Waals surface area contributed by atoms with E-state index in [0.29, 0.717) is 4.90 Å². The van der Waals surface area contributed by atoms with Crippen LogP contribution in [0.15, 0.2) is 21.5 Å². The number of rotatable bonds is 3. The van der Waals surface area contributed by atoms with E-state index in [9.17, 15) is 8.42 Å². The lowest BCUT2D eigenvalue weighted by molar-refractivity contribution is 0.568. The highest BCUT2D eigenvalue weighted by molar-refractivity contribution is 9.10. The minimum atomic E-state index is -3.19. The van der Waals surface area contributed by atoms with E-state index in [1.807, 2.05) is 27.0 Å². The molecular formula is C13H19BrN2O2S. The molecule has 0 aliphatic carbocycles. The van der Waals surface area contributed by atoms with E-state index in [1.165, 1.54) is 0 Å². The molecule has 1 N–H and O–H groups in total. The Morgan fingerprint density at radius 1 is 1.47 bits per heavy atom. The monoisotopic (exact) mass is 346 g/mol. The van der Waals surface area contributed by atoms with Crippen LogP contribution >= 0.6 is 15.9 Å². The van der Waals surface area contributed by atoms with Gasteiger partial charge in [0, 0.05) is 23.6 Å². The number of sulfone groups is 1. The number of hydrogen-bond acceptors (Lipinski definition) is 4. The standard InChI is InChI=1S/C13H19BrN2O2S/c1-9-6-11(14)13-12(7-9)19(17,18)8-10(2)16(13)5-4-15-3/h6-7,10,15H,4-5,8H2,1-3H3. The quantitative estimate of drug-likeness (QED) is 0.908. The molecule has 1 unspecified atom stereocenters. The summed E-state index contributed by atoms with van der Waals surface area (Å²) in [5.41, 5.74) is 1.76. The van der Waals surface area contributed by atoms with Crippen LogP contribution in [-0.4, -0.2) is 40.3 Å². The first-order valence-electron chi connectivity index (χ1n) is 6.31. The molecule has 0 spiro atoms. The average Bonchev–Trinajstić information content (AvgIpc) is 2.29. The van der Waals surface area contributed by atoms with Crippen LogP contribution < -0.4 is 10.2 Å². The van der Waals surface area contributed by atoms with Crippen LogP contribution in [0.2, 0.25) is 0 Å². The molecule has 0 fully saturated rings. The lowest BCUT2D eigenvalue weighted by atomic mass is 10.1. The van der Waals surface area contributed by atoms with E-state index < -0.39 is 9.84 Å². The van der Waals surface area contributed by atoms with Crippen molar-refractivity contribution in [1.29, 1.82) is 0 Å². The molecule has 6 heteroatoms. The zero-order valence-corrected chi connectivity index (χ0v) is 13.8. The lowest BCUT2D eigenvalue weighted by Gasteiger charge is -2.37. The minimum Gasteiger partial charge on any atom is -0.365 e. The van der Waals surface area contributed by atoms with Crippen LogP contribution in [0, 0.1) is 6.92 Å². The zero-order valence-electron chi connectivity index (χ0n) is 11.4. The molecule has 0 saturated heterocycles. The van der Waals surface area contributed by atoms with Crippen molar-refractivity contribution in [1.82, 2.24) is 5.32 Å². The number of nitrogens with one attached hydrogen (secondary N) is 1. The first kappa shape index (κ1) is 14.8. The average molecular weight is 347 g/mol. The number of halogens is 1. The van der Waals surface area contributed by atoms with Crippen LogP contribution in [0.4, 0.5) is 5.69 Å².